The maximum atomic E-state index is 2.47. The maximum Gasteiger partial charge on any atom is 0.0506 e. The van der Waals surface area contributed by atoms with Gasteiger partial charge in [0, 0.05) is 23.2 Å². The molecule has 0 fully saturated rings. The average molecular weight is 574 g/mol. The highest BCUT2D eigenvalue weighted by Gasteiger charge is 2.44. The van der Waals surface area contributed by atoms with Gasteiger partial charge in [-0.05, 0) is 86.0 Å². The van der Waals surface area contributed by atoms with Crippen LogP contribution in [0.25, 0.3) is 22.3 Å². The van der Waals surface area contributed by atoms with Crippen LogP contribution in [0.4, 0.5) is 17.1 Å². The lowest BCUT2D eigenvalue weighted by molar-refractivity contribution is 0.755. The first-order chi connectivity index (χ1) is 22.4. The minimum Gasteiger partial charge on any atom is -0.310 e. The average Bonchev–Trinajstić information content (AvgIpc) is 3.13. The molecule has 0 N–H and O–H groups in total. The van der Waals surface area contributed by atoms with E-state index in [0.717, 1.165) is 11.4 Å². The lowest BCUT2D eigenvalue weighted by Crippen LogP contribution is -2.30. The van der Waals surface area contributed by atoms with E-state index in [-0.39, 0.29) is 11.8 Å². The maximum absolute atomic E-state index is 2.47. The van der Waals surface area contributed by atoms with Gasteiger partial charge in [-0.15, -0.1) is 0 Å². The van der Waals surface area contributed by atoms with Crippen LogP contribution in [0, 0.1) is 0 Å². The molecule has 0 radical (unpaired) electrons. The van der Waals surface area contributed by atoms with E-state index in [1.165, 1.54) is 61.3 Å². The molecule has 0 unspecified atom stereocenters. The second-order valence-corrected chi connectivity index (χ2v) is 12.0. The normalized spacial score (nSPS) is 15.6. The van der Waals surface area contributed by atoms with Gasteiger partial charge in [0.05, 0.1) is 5.69 Å². The molecule has 10 rings (SSSR count). The predicted octanol–water partition coefficient (Wildman–Crippen LogP) is 11.5. The minimum absolute atomic E-state index is 0.144. The third-order valence-corrected chi connectivity index (χ3v) is 9.65. The standard InChI is InChI=1S/C44H31N/c1-4-14-30(15-5-1)31-24-26-34(27-25-31)45(33-18-8-3-9-19-33)40-29-28-35(32-16-6-2-7-17-32)43-41-36-20-10-12-22-38(36)42(44(40)43)39-23-13-11-21-37(39)41/h1-29,41-42H. The van der Waals surface area contributed by atoms with Crippen LogP contribution in [0.1, 0.15) is 45.2 Å². The van der Waals surface area contributed by atoms with Crippen molar-refractivity contribution in [3.05, 3.63) is 209 Å². The van der Waals surface area contributed by atoms with Crippen LogP contribution in [0.5, 0.6) is 0 Å². The zero-order chi connectivity index (χ0) is 29.7. The fourth-order valence-corrected chi connectivity index (χ4v) is 7.77. The summed E-state index contributed by atoms with van der Waals surface area (Å²) in [7, 11) is 0. The van der Waals surface area contributed by atoms with Crippen LogP contribution >= 0.6 is 0 Å². The van der Waals surface area contributed by atoms with Gasteiger partial charge >= 0.3 is 0 Å². The molecule has 7 aromatic carbocycles. The Morgan fingerprint density at radius 1 is 0.311 bits per heavy atom. The van der Waals surface area contributed by atoms with E-state index in [2.05, 4.69) is 181 Å². The van der Waals surface area contributed by atoms with Gasteiger partial charge in [0.25, 0.3) is 0 Å². The number of rotatable bonds is 5. The van der Waals surface area contributed by atoms with Crippen molar-refractivity contribution in [2.24, 2.45) is 0 Å². The van der Waals surface area contributed by atoms with Crippen molar-refractivity contribution in [2.45, 2.75) is 11.8 Å². The fraction of sp³-hybridized carbons (Fsp3) is 0.0455. The molecule has 0 spiro atoms. The van der Waals surface area contributed by atoms with Gasteiger partial charge in [0.1, 0.15) is 0 Å². The van der Waals surface area contributed by atoms with Crippen molar-refractivity contribution in [3.8, 4) is 22.3 Å². The number of para-hydroxylation sites is 1. The van der Waals surface area contributed by atoms with Gasteiger partial charge < -0.3 is 4.90 Å². The van der Waals surface area contributed by atoms with E-state index in [9.17, 15) is 0 Å². The Hall–Kier alpha value is -5.66. The first-order valence-corrected chi connectivity index (χ1v) is 15.8. The second kappa shape index (κ2) is 10.5. The van der Waals surface area contributed by atoms with E-state index < -0.39 is 0 Å². The third-order valence-electron chi connectivity index (χ3n) is 9.65. The molecule has 0 atom stereocenters. The summed E-state index contributed by atoms with van der Waals surface area (Å²) >= 11 is 0. The zero-order valence-corrected chi connectivity index (χ0v) is 24.8. The summed E-state index contributed by atoms with van der Waals surface area (Å²) in [5, 5.41) is 0. The minimum atomic E-state index is 0.144. The number of benzene rings is 7. The highest BCUT2D eigenvalue weighted by Crippen LogP contribution is 2.60. The molecule has 0 amide bonds. The highest BCUT2D eigenvalue weighted by atomic mass is 15.1. The van der Waals surface area contributed by atoms with Crippen molar-refractivity contribution < 1.29 is 0 Å². The molecule has 0 heterocycles. The predicted molar refractivity (Wildman–Crippen MR) is 187 cm³/mol. The monoisotopic (exact) mass is 573 g/mol. The van der Waals surface area contributed by atoms with Gasteiger partial charge in [-0.1, -0.05) is 146 Å². The summed E-state index contributed by atoms with van der Waals surface area (Å²) in [6.07, 6.45) is 0. The van der Waals surface area contributed by atoms with Crippen molar-refractivity contribution in [1.29, 1.82) is 0 Å². The molecule has 2 bridgehead atoms. The summed E-state index contributed by atoms with van der Waals surface area (Å²) in [5.41, 5.74) is 17.1. The number of nitrogens with zero attached hydrogens (tertiary/aromatic N) is 1. The summed E-state index contributed by atoms with van der Waals surface area (Å²) < 4.78 is 0. The molecule has 1 heteroatoms. The van der Waals surface area contributed by atoms with Crippen LogP contribution in [0.3, 0.4) is 0 Å². The van der Waals surface area contributed by atoms with Crippen LogP contribution < -0.4 is 4.90 Å². The Morgan fingerprint density at radius 3 is 1.29 bits per heavy atom. The Kier molecular flexibility index (Phi) is 6.02. The Labute approximate surface area is 264 Å². The van der Waals surface area contributed by atoms with Crippen LogP contribution in [-0.2, 0) is 0 Å². The first-order valence-electron chi connectivity index (χ1n) is 15.8. The zero-order valence-electron chi connectivity index (χ0n) is 24.8. The van der Waals surface area contributed by atoms with E-state index in [4.69, 9.17) is 0 Å². The summed E-state index contributed by atoms with van der Waals surface area (Å²) in [6.45, 7) is 0. The van der Waals surface area contributed by atoms with E-state index in [1.807, 2.05) is 0 Å². The van der Waals surface area contributed by atoms with E-state index >= 15 is 0 Å². The van der Waals surface area contributed by atoms with Crippen molar-refractivity contribution >= 4 is 17.1 Å². The molecule has 45 heavy (non-hydrogen) atoms. The molecule has 3 aliphatic rings. The van der Waals surface area contributed by atoms with Crippen LogP contribution in [-0.4, -0.2) is 0 Å². The Balaban J connectivity index is 1.32. The summed E-state index contributed by atoms with van der Waals surface area (Å²) in [5.74, 6) is 0.316. The van der Waals surface area contributed by atoms with Gasteiger partial charge in [-0.25, -0.2) is 0 Å². The molecule has 0 aliphatic heterocycles. The summed E-state index contributed by atoms with van der Waals surface area (Å²) in [6, 6.07) is 64.4. The lowest BCUT2D eigenvalue weighted by Gasteiger charge is -2.45. The van der Waals surface area contributed by atoms with Gasteiger partial charge in [-0.3, -0.25) is 0 Å². The Morgan fingerprint density at radius 2 is 0.733 bits per heavy atom. The second-order valence-electron chi connectivity index (χ2n) is 12.0. The van der Waals surface area contributed by atoms with Crippen molar-refractivity contribution in [3.63, 3.8) is 0 Å². The Bertz CT molecular complexity index is 2100. The smallest absolute Gasteiger partial charge is 0.0506 e. The molecule has 0 aromatic heterocycles. The lowest BCUT2D eigenvalue weighted by atomic mass is 9.59. The first kappa shape index (κ1) is 25.8. The fourth-order valence-electron chi connectivity index (χ4n) is 7.77. The molecular formula is C44H31N. The molecule has 3 aliphatic carbocycles. The molecular weight excluding hydrogens is 542 g/mol. The number of anilines is 3. The van der Waals surface area contributed by atoms with E-state index in [0.29, 0.717) is 0 Å². The van der Waals surface area contributed by atoms with Crippen molar-refractivity contribution in [1.82, 2.24) is 0 Å². The molecule has 7 aromatic rings. The quantitative estimate of drug-likeness (QED) is 0.198. The third kappa shape index (κ3) is 4.08. The SMILES string of the molecule is c1ccc(-c2ccc(N(c3ccccc3)c3ccc(-c4ccccc4)c4c3C3c5ccccc5C4c4ccccc43)cc2)cc1. The van der Waals surface area contributed by atoms with Gasteiger partial charge in [-0.2, -0.15) is 0 Å². The molecule has 1 nitrogen and oxygen atoms in total. The number of hydrogen-bond acceptors (Lipinski definition) is 1. The molecule has 0 saturated carbocycles. The largest absolute Gasteiger partial charge is 0.310 e. The van der Waals surface area contributed by atoms with Gasteiger partial charge in [0.15, 0.2) is 0 Å². The number of hydrogen-bond donors (Lipinski definition) is 0. The highest BCUT2D eigenvalue weighted by molar-refractivity contribution is 5.88. The van der Waals surface area contributed by atoms with Crippen LogP contribution in [0.15, 0.2) is 176 Å². The van der Waals surface area contributed by atoms with Gasteiger partial charge in [0.2, 0.25) is 0 Å². The molecule has 0 saturated heterocycles. The van der Waals surface area contributed by atoms with Crippen LogP contribution in [0.2, 0.25) is 0 Å². The molecule has 212 valence electrons. The van der Waals surface area contributed by atoms with Crippen molar-refractivity contribution in [2.75, 3.05) is 4.90 Å². The van der Waals surface area contributed by atoms with E-state index in [1.54, 1.807) is 0 Å². The topological polar surface area (TPSA) is 3.24 Å². The summed E-state index contributed by atoms with van der Waals surface area (Å²) in [4.78, 5) is 2.47.